The first-order chi connectivity index (χ1) is 12.3. The van der Waals surface area contributed by atoms with Crippen LogP contribution in [0.1, 0.15) is 10.4 Å². The minimum Gasteiger partial charge on any atom is -0.497 e. The SMILES string of the molecule is COc1ccc(C(=O)OCC(=O)Nc2c(F)c(F)c(F)c(F)c2F)cc1. The molecule has 2 aromatic carbocycles. The first kappa shape index (κ1) is 19.2. The average molecular weight is 375 g/mol. The second kappa shape index (κ2) is 7.81. The molecule has 2 rings (SSSR count). The maximum absolute atomic E-state index is 13.4. The van der Waals surface area contributed by atoms with Crippen LogP contribution < -0.4 is 10.1 Å². The van der Waals surface area contributed by atoms with Crippen molar-refractivity contribution < 1.29 is 41.0 Å². The molecule has 26 heavy (non-hydrogen) atoms. The molecule has 0 bridgehead atoms. The predicted octanol–water partition coefficient (Wildman–Crippen LogP) is 3.19. The summed E-state index contributed by atoms with van der Waals surface area (Å²) in [5.41, 5.74) is -1.48. The monoisotopic (exact) mass is 375 g/mol. The van der Waals surface area contributed by atoms with Crippen LogP contribution in [0.5, 0.6) is 5.75 Å². The molecule has 0 saturated heterocycles. The van der Waals surface area contributed by atoms with Crippen LogP contribution in [-0.2, 0) is 9.53 Å². The van der Waals surface area contributed by atoms with Crippen molar-refractivity contribution >= 4 is 17.6 Å². The zero-order valence-electron chi connectivity index (χ0n) is 13.0. The first-order valence-corrected chi connectivity index (χ1v) is 6.88. The molecule has 0 atom stereocenters. The minimum atomic E-state index is -2.36. The minimum absolute atomic E-state index is 0.0508. The molecular formula is C16H10F5NO4. The van der Waals surface area contributed by atoms with E-state index in [0.717, 1.165) is 0 Å². The Labute approximate surface area is 143 Å². The van der Waals surface area contributed by atoms with E-state index >= 15 is 0 Å². The maximum Gasteiger partial charge on any atom is 0.338 e. The number of benzene rings is 2. The Morgan fingerprint density at radius 2 is 1.38 bits per heavy atom. The molecule has 0 aliphatic carbocycles. The van der Waals surface area contributed by atoms with Gasteiger partial charge in [-0.1, -0.05) is 0 Å². The zero-order chi connectivity index (χ0) is 19.4. The van der Waals surface area contributed by atoms with E-state index in [0.29, 0.717) is 5.75 Å². The summed E-state index contributed by atoms with van der Waals surface area (Å²) in [4.78, 5) is 23.3. The summed E-state index contributed by atoms with van der Waals surface area (Å²) in [5.74, 6) is -13.0. The molecule has 0 spiro atoms. The fourth-order valence-corrected chi connectivity index (χ4v) is 1.83. The number of methoxy groups -OCH3 is 1. The van der Waals surface area contributed by atoms with Crippen LogP contribution in [0.3, 0.4) is 0 Å². The summed E-state index contributed by atoms with van der Waals surface area (Å²) in [6.45, 7) is -1.01. The Kier molecular flexibility index (Phi) is 5.75. The standard InChI is InChI=1S/C16H10F5NO4/c1-25-8-4-2-7(3-5-8)16(24)26-6-9(23)22-15-13(20)11(18)10(17)12(19)14(15)21/h2-5H,6H2,1H3,(H,22,23). The molecular weight excluding hydrogens is 365 g/mol. The smallest absolute Gasteiger partial charge is 0.338 e. The van der Waals surface area contributed by atoms with Crippen molar-refractivity contribution in [1.29, 1.82) is 0 Å². The molecule has 0 heterocycles. The van der Waals surface area contributed by atoms with Crippen molar-refractivity contribution in [2.75, 3.05) is 19.0 Å². The van der Waals surface area contributed by atoms with E-state index < -0.39 is 53.3 Å². The number of nitrogens with one attached hydrogen (secondary N) is 1. The van der Waals surface area contributed by atoms with E-state index in [1.807, 2.05) is 0 Å². The van der Waals surface area contributed by atoms with Crippen LogP contribution in [0, 0.1) is 29.1 Å². The van der Waals surface area contributed by atoms with Gasteiger partial charge in [-0.25, -0.2) is 26.7 Å². The van der Waals surface area contributed by atoms with Gasteiger partial charge in [0, 0.05) is 0 Å². The van der Waals surface area contributed by atoms with E-state index in [4.69, 9.17) is 4.74 Å². The number of carbonyl (C=O) groups is 2. The van der Waals surface area contributed by atoms with E-state index in [-0.39, 0.29) is 5.56 Å². The number of esters is 1. The highest BCUT2D eigenvalue weighted by atomic mass is 19.2. The lowest BCUT2D eigenvalue weighted by Crippen LogP contribution is -2.23. The Morgan fingerprint density at radius 1 is 0.885 bits per heavy atom. The van der Waals surface area contributed by atoms with Crippen LogP contribution in [0.4, 0.5) is 27.6 Å². The van der Waals surface area contributed by atoms with Gasteiger partial charge >= 0.3 is 5.97 Å². The van der Waals surface area contributed by atoms with Crippen LogP contribution in [0.25, 0.3) is 0 Å². The molecule has 0 radical (unpaired) electrons. The number of anilines is 1. The van der Waals surface area contributed by atoms with Crippen molar-refractivity contribution in [3.63, 3.8) is 0 Å². The quantitative estimate of drug-likeness (QED) is 0.377. The Bertz CT molecular complexity index is 826. The third-order valence-corrected chi connectivity index (χ3v) is 3.13. The third-order valence-electron chi connectivity index (χ3n) is 3.13. The summed E-state index contributed by atoms with van der Waals surface area (Å²) in [6.07, 6.45) is 0. The summed E-state index contributed by atoms with van der Waals surface area (Å²) in [5, 5.41) is 1.48. The van der Waals surface area contributed by atoms with E-state index in [1.165, 1.54) is 36.7 Å². The molecule has 0 aromatic heterocycles. The second-order valence-electron chi connectivity index (χ2n) is 4.80. The number of halogens is 5. The summed E-state index contributed by atoms with van der Waals surface area (Å²) < 4.78 is 75.4. The van der Waals surface area contributed by atoms with Gasteiger partial charge in [0.05, 0.1) is 12.7 Å². The summed E-state index contributed by atoms with van der Waals surface area (Å²) in [6, 6.07) is 5.57. The Balaban J connectivity index is 2.04. The largest absolute Gasteiger partial charge is 0.497 e. The summed E-state index contributed by atoms with van der Waals surface area (Å²) in [7, 11) is 1.41. The zero-order valence-corrected chi connectivity index (χ0v) is 13.0. The molecule has 138 valence electrons. The lowest BCUT2D eigenvalue weighted by molar-refractivity contribution is -0.119. The number of amides is 1. The Morgan fingerprint density at radius 3 is 1.88 bits per heavy atom. The van der Waals surface area contributed by atoms with Crippen LogP contribution in [0.2, 0.25) is 0 Å². The van der Waals surface area contributed by atoms with Gasteiger partial charge in [0.1, 0.15) is 11.4 Å². The van der Waals surface area contributed by atoms with E-state index in [1.54, 1.807) is 0 Å². The third kappa shape index (κ3) is 3.90. The number of rotatable bonds is 5. The molecule has 0 aliphatic rings. The number of hydrogen-bond donors (Lipinski definition) is 1. The molecule has 1 N–H and O–H groups in total. The molecule has 2 aromatic rings. The molecule has 0 fully saturated rings. The highest BCUT2D eigenvalue weighted by Gasteiger charge is 2.27. The van der Waals surface area contributed by atoms with Crippen LogP contribution >= 0.6 is 0 Å². The molecule has 0 aliphatic heterocycles. The van der Waals surface area contributed by atoms with Crippen LogP contribution in [0.15, 0.2) is 24.3 Å². The van der Waals surface area contributed by atoms with Crippen molar-refractivity contribution in [3.8, 4) is 5.75 Å². The van der Waals surface area contributed by atoms with Crippen LogP contribution in [-0.4, -0.2) is 25.6 Å². The molecule has 0 saturated carbocycles. The van der Waals surface area contributed by atoms with Gasteiger partial charge in [-0.2, -0.15) is 0 Å². The fourth-order valence-electron chi connectivity index (χ4n) is 1.83. The average Bonchev–Trinajstić information content (AvgIpc) is 2.66. The van der Waals surface area contributed by atoms with E-state index in [2.05, 4.69) is 4.74 Å². The lowest BCUT2D eigenvalue weighted by atomic mass is 10.2. The maximum atomic E-state index is 13.4. The number of hydrogen-bond acceptors (Lipinski definition) is 4. The first-order valence-electron chi connectivity index (χ1n) is 6.88. The van der Waals surface area contributed by atoms with Crippen molar-refractivity contribution in [1.82, 2.24) is 0 Å². The lowest BCUT2D eigenvalue weighted by Gasteiger charge is -2.10. The number of carbonyl (C=O) groups excluding carboxylic acids is 2. The fraction of sp³-hybridized carbons (Fsp3) is 0.125. The van der Waals surface area contributed by atoms with Crippen molar-refractivity contribution in [2.24, 2.45) is 0 Å². The molecule has 0 unspecified atom stereocenters. The van der Waals surface area contributed by atoms with E-state index in [9.17, 15) is 31.5 Å². The van der Waals surface area contributed by atoms with Gasteiger partial charge in [0.15, 0.2) is 29.9 Å². The van der Waals surface area contributed by atoms with Gasteiger partial charge in [-0.3, -0.25) is 4.79 Å². The highest BCUT2D eigenvalue weighted by Crippen LogP contribution is 2.27. The highest BCUT2D eigenvalue weighted by molar-refractivity contribution is 5.95. The van der Waals surface area contributed by atoms with Crippen molar-refractivity contribution in [2.45, 2.75) is 0 Å². The normalized spacial score (nSPS) is 10.4. The predicted molar refractivity (Wildman–Crippen MR) is 78.1 cm³/mol. The van der Waals surface area contributed by atoms with Gasteiger partial charge in [0.25, 0.3) is 5.91 Å². The summed E-state index contributed by atoms with van der Waals surface area (Å²) >= 11 is 0. The van der Waals surface area contributed by atoms with Gasteiger partial charge in [-0.05, 0) is 24.3 Å². The second-order valence-corrected chi connectivity index (χ2v) is 4.80. The van der Waals surface area contributed by atoms with Gasteiger partial charge in [0.2, 0.25) is 5.82 Å². The molecule has 5 nitrogen and oxygen atoms in total. The Hall–Kier alpha value is -3.17. The molecule has 10 heteroatoms. The number of ether oxygens (including phenoxy) is 2. The van der Waals surface area contributed by atoms with Gasteiger partial charge < -0.3 is 14.8 Å². The topological polar surface area (TPSA) is 64.6 Å². The molecule has 1 amide bonds. The van der Waals surface area contributed by atoms with Gasteiger partial charge in [-0.15, -0.1) is 0 Å². The van der Waals surface area contributed by atoms with Crippen molar-refractivity contribution in [3.05, 3.63) is 58.9 Å².